The average molecular weight is 247 g/mol. The van der Waals surface area contributed by atoms with E-state index in [1.54, 1.807) is 0 Å². The van der Waals surface area contributed by atoms with Gasteiger partial charge in [0.2, 0.25) is 5.91 Å². The molecule has 5 heteroatoms. The van der Waals surface area contributed by atoms with E-state index >= 15 is 0 Å². The fraction of sp³-hybridized carbons (Fsp3) is 0.462. The Balaban J connectivity index is 1.97. The van der Waals surface area contributed by atoms with Crippen molar-refractivity contribution in [1.29, 1.82) is 0 Å². The van der Waals surface area contributed by atoms with Crippen molar-refractivity contribution in [3.8, 4) is 0 Å². The van der Waals surface area contributed by atoms with Gasteiger partial charge in [0.1, 0.15) is 0 Å². The first-order chi connectivity index (χ1) is 8.65. The summed E-state index contributed by atoms with van der Waals surface area (Å²) in [5, 5.41) is 2.87. The lowest BCUT2D eigenvalue weighted by atomic mass is 10.1. The summed E-state index contributed by atoms with van der Waals surface area (Å²) >= 11 is 0. The van der Waals surface area contributed by atoms with Gasteiger partial charge < -0.3 is 20.7 Å². The summed E-state index contributed by atoms with van der Waals surface area (Å²) in [7, 11) is 0. The normalized spacial score (nSPS) is 22.8. The quantitative estimate of drug-likeness (QED) is 0.726. The van der Waals surface area contributed by atoms with E-state index in [1.165, 1.54) is 0 Å². The van der Waals surface area contributed by atoms with Crippen molar-refractivity contribution in [1.82, 2.24) is 0 Å². The van der Waals surface area contributed by atoms with Gasteiger partial charge in [-0.3, -0.25) is 4.79 Å². The van der Waals surface area contributed by atoms with Crippen LogP contribution in [-0.2, 0) is 16.0 Å². The summed E-state index contributed by atoms with van der Waals surface area (Å²) in [6.45, 7) is 4.37. The van der Waals surface area contributed by atoms with Gasteiger partial charge in [0.05, 0.1) is 31.0 Å². The van der Waals surface area contributed by atoms with E-state index in [9.17, 15) is 4.79 Å². The molecule has 0 aliphatic carbocycles. The maximum Gasteiger partial charge on any atom is 0.228 e. The van der Waals surface area contributed by atoms with Crippen LogP contribution in [0.25, 0.3) is 0 Å². The molecule has 1 unspecified atom stereocenters. The Morgan fingerprint density at radius 2 is 2.33 bits per heavy atom. The number of ether oxygens (including phenoxy) is 1. The molecular weight excluding hydrogens is 230 g/mol. The van der Waals surface area contributed by atoms with E-state index in [2.05, 4.69) is 17.1 Å². The van der Waals surface area contributed by atoms with Crippen LogP contribution in [-0.4, -0.2) is 31.7 Å². The minimum Gasteiger partial charge on any atom is -0.397 e. The summed E-state index contributed by atoms with van der Waals surface area (Å²) in [4.78, 5) is 13.6. The molecule has 0 saturated carbocycles. The van der Waals surface area contributed by atoms with Gasteiger partial charge in [-0.25, -0.2) is 0 Å². The number of carbonyl (C=O) groups is 1. The molecule has 0 radical (unpaired) electrons. The molecule has 3 rings (SSSR count). The highest BCUT2D eigenvalue weighted by molar-refractivity contribution is 6.00. The molecule has 1 aromatic carbocycles. The van der Waals surface area contributed by atoms with Crippen molar-refractivity contribution in [2.24, 2.45) is 0 Å². The molecule has 1 atom stereocenters. The Morgan fingerprint density at radius 3 is 3.11 bits per heavy atom. The van der Waals surface area contributed by atoms with E-state index in [1.807, 2.05) is 12.1 Å². The first kappa shape index (κ1) is 11.3. The largest absolute Gasteiger partial charge is 0.397 e. The third kappa shape index (κ3) is 1.80. The zero-order valence-corrected chi connectivity index (χ0v) is 10.4. The Hall–Kier alpha value is -1.75. The third-order valence-electron chi connectivity index (χ3n) is 3.55. The molecule has 0 bridgehead atoms. The molecule has 5 nitrogen and oxygen atoms in total. The molecule has 0 spiro atoms. The van der Waals surface area contributed by atoms with Crippen LogP contribution in [0, 0.1) is 0 Å². The van der Waals surface area contributed by atoms with E-state index in [4.69, 9.17) is 10.5 Å². The number of amides is 1. The Kier molecular flexibility index (Phi) is 2.63. The average Bonchev–Trinajstić information content (AvgIpc) is 2.68. The summed E-state index contributed by atoms with van der Waals surface area (Å²) in [6, 6.07) is 4.19. The highest BCUT2D eigenvalue weighted by atomic mass is 16.5. The molecule has 3 N–H and O–H groups in total. The molecule has 1 fully saturated rings. The number of fused-ring (bicyclic) bond motifs is 1. The molecule has 1 amide bonds. The van der Waals surface area contributed by atoms with E-state index < -0.39 is 0 Å². The summed E-state index contributed by atoms with van der Waals surface area (Å²) in [6.07, 6.45) is 0.429. The van der Waals surface area contributed by atoms with E-state index in [0.29, 0.717) is 25.7 Å². The number of nitrogens with zero attached hydrogens (tertiary/aromatic N) is 1. The van der Waals surface area contributed by atoms with Crippen LogP contribution in [0.4, 0.5) is 17.1 Å². The monoisotopic (exact) mass is 247 g/mol. The second-order valence-corrected chi connectivity index (χ2v) is 4.91. The van der Waals surface area contributed by atoms with Gasteiger partial charge in [-0.05, 0) is 24.6 Å². The van der Waals surface area contributed by atoms with Crippen LogP contribution < -0.4 is 16.0 Å². The number of nitrogen functional groups attached to an aromatic ring is 1. The SMILES string of the molecule is CC1COCCN1c1cc2c(cc1N)CC(=O)N2. The van der Waals surface area contributed by atoms with Gasteiger partial charge in [0.15, 0.2) is 0 Å². The van der Waals surface area contributed by atoms with Crippen molar-refractivity contribution in [3.05, 3.63) is 17.7 Å². The standard InChI is InChI=1S/C13H17N3O2/c1-8-7-18-3-2-16(8)12-6-11-9(4-10(12)14)5-13(17)15-11/h4,6,8H,2-3,5,7,14H2,1H3,(H,15,17). The number of hydrogen-bond donors (Lipinski definition) is 2. The molecular formula is C13H17N3O2. The van der Waals surface area contributed by atoms with E-state index in [-0.39, 0.29) is 5.91 Å². The second-order valence-electron chi connectivity index (χ2n) is 4.91. The lowest BCUT2D eigenvalue weighted by Gasteiger charge is -2.36. The third-order valence-corrected chi connectivity index (χ3v) is 3.55. The number of carbonyl (C=O) groups excluding carboxylic acids is 1. The van der Waals surface area contributed by atoms with Crippen molar-refractivity contribution in [2.75, 3.05) is 35.7 Å². The van der Waals surface area contributed by atoms with Crippen molar-refractivity contribution < 1.29 is 9.53 Å². The number of rotatable bonds is 1. The number of anilines is 3. The minimum atomic E-state index is 0.0385. The molecule has 2 aliphatic heterocycles. The number of hydrogen-bond acceptors (Lipinski definition) is 4. The fourth-order valence-electron chi connectivity index (χ4n) is 2.62. The van der Waals surface area contributed by atoms with Gasteiger partial charge in [-0.15, -0.1) is 0 Å². The number of benzene rings is 1. The Bertz CT molecular complexity index is 501. The predicted molar refractivity (Wildman–Crippen MR) is 70.8 cm³/mol. The minimum absolute atomic E-state index is 0.0385. The predicted octanol–water partition coefficient (Wildman–Crippen LogP) is 0.988. The Labute approximate surface area is 106 Å². The zero-order chi connectivity index (χ0) is 12.7. The Morgan fingerprint density at radius 1 is 1.50 bits per heavy atom. The molecule has 2 heterocycles. The van der Waals surface area contributed by atoms with Crippen LogP contribution in [0.2, 0.25) is 0 Å². The van der Waals surface area contributed by atoms with Gasteiger partial charge in [0, 0.05) is 18.3 Å². The summed E-state index contributed by atoms with van der Waals surface area (Å²) in [5.74, 6) is 0.0385. The lowest BCUT2D eigenvalue weighted by molar-refractivity contribution is -0.115. The van der Waals surface area contributed by atoms with Gasteiger partial charge in [-0.2, -0.15) is 0 Å². The summed E-state index contributed by atoms with van der Waals surface area (Å²) in [5.41, 5.74) is 9.72. The van der Waals surface area contributed by atoms with Crippen molar-refractivity contribution in [2.45, 2.75) is 19.4 Å². The number of morpholine rings is 1. The first-order valence-corrected chi connectivity index (χ1v) is 6.22. The number of nitrogens with one attached hydrogen (secondary N) is 1. The van der Waals surface area contributed by atoms with Gasteiger partial charge in [-0.1, -0.05) is 0 Å². The zero-order valence-electron chi connectivity index (χ0n) is 10.4. The maximum atomic E-state index is 11.4. The van der Waals surface area contributed by atoms with E-state index in [0.717, 1.165) is 29.2 Å². The maximum absolute atomic E-state index is 11.4. The summed E-state index contributed by atoms with van der Waals surface area (Å²) < 4.78 is 5.43. The molecule has 2 aliphatic rings. The molecule has 1 saturated heterocycles. The van der Waals surface area contributed by atoms with Crippen LogP contribution in [0.1, 0.15) is 12.5 Å². The van der Waals surface area contributed by atoms with Gasteiger partial charge in [0.25, 0.3) is 0 Å². The highest BCUT2D eigenvalue weighted by Crippen LogP contribution is 2.35. The topological polar surface area (TPSA) is 67.6 Å². The smallest absolute Gasteiger partial charge is 0.228 e. The highest BCUT2D eigenvalue weighted by Gasteiger charge is 2.25. The fourth-order valence-corrected chi connectivity index (χ4v) is 2.62. The lowest BCUT2D eigenvalue weighted by Crippen LogP contribution is -2.44. The molecule has 1 aromatic rings. The van der Waals surface area contributed by atoms with Crippen LogP contribution in [0.3, 0.4) is 0 Å². The molecule has 96 valence electrons. The molecule has 0 aromatic heterocycles. The second kappa shape index (κ2) is 4.17. The van der Waals surface area contributed by atoms with Crippen LogP contribution >= 0.6 is 0 Å². The first-order valence-electron chi connectivity index (χ1n) is 6.22. The van der Waals surface area contributed by atoms with Crippen LogP contribution in [0.5, 0.6) is 0 Å². The van der Waals surface area contributed by atoms with Crippen molar-refractivity contribution >= 4 is 23.0 Å². The van der Waals surface area contributed by atoms with Crippen molar-refractivity contribution in [3.63, 3.8) is 0 Å². The number of nitrogens with two attached hydrogens (primary N) is 1. The molecule has 18 heavy (non-hydrogen) atoms. The van der Waals surface area contributed by atoms with Crippen LogP contribution in [0.15, 0.2) is 12.1 Å². The van der Waals surface area contributed by atoms with Gasteiger partial charge >= 0.3 is 0 Å².